The van der Waals surface area contributed by atoms with Crippen LogP contribution in [0.4, 0.5) is 0 Å². The van der Waals surface area contributed by atoms with Crippen LogP contribution in [-0.4, -0.2) is 37.1 Å². The summed E-state index contributed by atoms with van der Waals surface area (Å²) in [6, 6.07) is 7.98. The van der Waals surface area contributed by atoms with E-state index in [2.05, 4.69) is 0 Å². The normalized spacial score (nSPS) is 12.2. The molecule has 4 heteroatoms. The topological polar surface area (TPSA) is 55.6 Å². The number of methoxy groups -OCH3 is 1. The number of ether oxygens (including phenoxy) is 1. The number of hydrogen-bond donors (Lipinski definition) is 1. The van der Waals surface area contributed by atoms with Crippen molar-refractivity contribution in [3.05, 3.63) is 35.4 Å². The highest BCUT2D eigenvalue weighted by Gasteiger charge is 2.18. The first-order chi connectivity index (χ1) is 9.12. The summed E-state index contributed by atoms with van der Waals surface area (Å²) < 4.78 is 5.11. The Balaban J connectivity index is 2.65. The highest BCUT2D eigenvalue weighted by molar-refractivity contribution is 5.79. The average Bonchev–Trinajstić information content (AvgIpc) is 2.40. The maximum absolute atomic E-state index is 12.3. The lowest BCUT2D eigenvalue weighted by molar-refractivity contribution is -0.133. The maximum atomic E-state index is 12.3. The highest BCUT2D eigenvalue weighted by atomic mass is 16.5. The van der Waals surface area contributed by atoms with E-state index in [9.17, 15) is 4.79 Å². The largest absolute Gasteiger partial charge is 0.383 e. The third-order valence-electron chi connectivity index (χ3n) is 3.21. The molecule has 0 radical (unpaired) electrons. The number of hydrogen-bond acceptors (Lipinski definition) is 3. The molecule has 0 aliphatic rings. The standard InChI is InChI=1S/C15H24N2O2/c1-4-17(12(2)11-19-3)15(18)9-13-5-7-14(10-16)8-6-13/h5-8,12H,4,9-11,16H2,1-3H3. The van der Waals surface area contributed by atoms with Crippen molar-refractivity contribution in [2.45, 2.75) is 32.9 Å². The Morgan fingerprint density at radius 3 is 2.37 bits per heavy atom. The zero-order valence-corrected chi connectivity index (χ0v) is 12.1. The molecule has 1 atom stereocenters. The summed E-state index contributed by atoms with van der Waals surface area (Å²) in [5.41, 5.74) is 7.65. The van der Waals surface area contributed by atoms with Crippen LogP contribution in [0.5, 0.6) is 0 Å². The summed E-state index contributed by atoms with van der Waals surface area (Å²) in [5.74, 6) is 0.132. The molecule has 0 saturated carbocycles. The van der Waals surface area contributed by atoms with Gasteiger partial charge >= 0.3 is 0 Å². The van der Waals surface area contributed by atoms with Crippen molar-refractivity contribution in [3.8, 4) is 0 Å². The van der Waals surface area contributed by atoms with Gasteiger partial charge in [-0.15, -0.1) is 0 Å². The molecule has 0 spiro atoms. The molecule has 19 heavy (non-hydrogen) atoms. The van der Waals surface area contributed by atoms with Crippen LogP contribution < -0.4 is 5.73 Å². The fraction of sp³-hybridized carbons (Fsp3) is 0.533. The van der Waals surface area contributed by atoms with Gasteiger partial charge < -0.3 is 15.4 Å². The molecule has 0 bridgehead atoms. The summed E-state index contributed by atoms with van der Waals surface area (Å²) in [6.45, 7) is 5.78. The number of nitrogens with two attached hydrogens (primary N) is 1. The molecule has 0 fully saturated rings. The van der Waals surface area contributed by atoms with E-state index in [1.807, 2.05) is 43.0 Å². The van der Waals surface area contributed by atoms with Gasteiger partial charge in [-0.05, 0) is 25.0 Å². The lowest BCUT2D eigenvalue weighted by atomic mass is 10.1. The Bertz CT molecular complexity index is 390. The Morgan fingerprint density at radius 1 is 1.32 bits per heavy atom. The van der Waals surface area contributed by atoms with Crippen molar-refractivity contribution >= 4 is 5.91 Å². The van der Waals surface area contributed by atoms with Crippen LogP contribution in [0.3, 0.4) is 0 Å². The molecule has 1 aromatic carbocycles. The molecule has 0 aliphatic carbocycles. The van der Waals surface area contributed by atoms with E-state index in [1.54, 1.807) is 7.11 Å². The molecule has 1 unspecified atom stereocenters. The van der Waals surface area contributed by atoms with E-state index in [0.717, 1.165) is 11.1 Å². The number of amides is 1. The molecule has 0 aromatic heterocycles. The van der Waals surface area contributed by atoms with Gasteiger partial charge in [-0.25, -0.2) is 0 Å². The SMILES string of the molecule is CCN(C(=O)Cc1ccc(CN)cc1)C(C)COC. The zero-order chi connectivity index (χ0) is 14.3. The van der Waals surface area contributed by atoms with E-state index >= 15 is 0 Å². The lowest BCUT2D eigenvalue weighted by Gasteiger charge is -2.27. The third kappa shape index (κ3) is 4.65. The van der Waals surface area contributed by atoms with Gasteiger partial charge in [0.05, 0.1) is 19.1 Å². The van der Waals surface area contributed by atoms with Crippen molar-refractivity contribution in [1.29, 1.82) is 0 Å². The fourth-order valence-electron chi connectivity index (χ4n) is 2.13. The first-order valence-corrected chi connectivity index (χ1v) is 6.68. The molecule has 2 N–H and O–H groups in total. The van der Waals surface area contributed by atoms with Gasteiger partial charge in [0.25, 0.3) is 0 Å². The summed E-state index contributed by atoms with van der Waals surface area (Å²) >= 11 is 0. The van der Waals surface area contributed by atoms with Crippen LogP contribution in [0.15, 0.2) is 24.3 Å². The van der Waals surface area contributed by atoms with Gasteiger partial charge in [-0.1, -0.05) is 24.3 Å². The number of rotatable bonds is 7. The molecule has 4 nitrogen and oxygen atoms in total. The van der Waals surface area contributed by atoms with Gasteiger partial charge in [0, 0.05) is 20.2 Å². The molecule has 1 amide bonds. The van der Waals surface area contributed by atoms with Crippen molar-refractivity contribution in [1.82, 2.24) is 4.90 Å². The lowest BCUT2D eigenvalue weighted by Crippen LogP contribution is -2.41. The first-order valence-electron chi connectivity index (χ1n) is 6.68. The van der Waals surface area contributed by atoms with E-state index < -0.39 is 0 Å². The van der Waals surface area contributed by atoms with Crippen molar-refractivity contribution in [2.24, 2.45) is 5.73 Å². The predicted octanol–water partition coefficient (Wildman–Crippen LogP) is 1.57. The zero-order valence-electron chi connectivity index (χ0n) is 12.1. The van der Waals surface area contributed by atoms with Gasteiger partial charge in [0.1, 0.15) is 0 Å². The van der Waals surface area contributed by atoms with Crippen LogP contribution in [-0.2, 0) is 22.5 Å². The van der Waals surface area contributed by atoms with E-state index in [4.69, 9.17) is 10.5 Å². The first kappa shape index (κ1) is 15.7. The summed E-state index contributed by atoms with van der Waals surface area (Å²) in [7, 11) is 1.65. The van der Waals surface area contributed by atoms with Crippen molar-refractivity contribution in [2.75, 3.05) is 20.3 Å². The molecule has 1 rings (SSSR count). The van der Waals surface area contributed by atoms with E-state index in [-0.39, 0.29) is 11.9 Å². The second-order valence-electron chi connectivity index (χ2n) is 4.68. The quantitative estimate of drug-likeness (QED) is 0.813. The predicted molar refractivity (Wildman–Crippen MR) is 76.8 cm³/mol. The van der Waals surface area contributed by atoms with Gasteiger partial charge in [-0.3, -0.25) is 4.79 Å². The van der Waals surface area contributed by atoms with Gasteiger partial charge in [-0.2, -0.15) is 0 Å². The average molecular weight is 264 g/mol. The summed E-state index contributed by atoms with van der Waals surface area (Å²) in [5, 5.41) is 0. The molecular weight excluding hydrogens is 240 g/mol. The molecule has 1 aromatic rings. The number of nitrogens with zero attached hydrogens (tertiary/aromatic N) is 1. The maximum Gasteiger partial charge on any atom is 0.227 e. The third-order valence-corrected chi connectivity index (χ3v) is 3.21. The smallest absolute Gasteiger partial charge is 0.227 e. The van der Waals surface area contributed by atoms with Crippen molar-refractivity contribution in [3.63, 3.8) is 0 Å². The van der Waals surface area contributed by atoms with E-state index in [0.29, 0.717) is 26.1 Å². The second kappa shape index (κ2) is 7.92. The van der Waals surface area contributed by atoms with Gasteiger partial charge in [0.2, 0.25) is 5.91 Å². The van der Waals surface area contributed by atoms with Crippen LogP contribution >= 0.6 is 0 Å². The Kier molecular flexibility index (Phi) is 6.53. The minimum absolute atomic E-state index is 0.103. The monoisotopic (exact) mass is 264 g/mol. The van der Waals surface area contributed by atoms with Crippen LogP contribution in [0, 0.1) is 0 Å². The van der Waals surface area contributed by atoms with E-state index in [1.165, 1.54) is 0 Å². The number of benzene rings is 1. The molecule has 106 valence electrons. The second-order valence-corrected chi connectivity index (χ2v) is 4.68. The number of carbonyl (C=O) groups is 1. The number of likely N-dealkylation sites (N-methyl/N-ethyl adjacent to an activating group) is 1. The van der Waals surface area contributed by atoms with Crippen molar-refractivity contribution < 1.29 is 9.53 Å². The minimum Gasteiger partial charge on any atom is -0.383 e. The summed E-state index contributed by atoms with van der Waals surface area (Å²) in [4.78, 5) is 14.1. The van der Waals surface area contributed by atoms with Gasteiger partial charge in [0.15, 0.2) is 0 Å². The Morgan fingerprint density at radius 2 is 1.89 bits per heavy atom. The molecule has 0 heterocycles. The van der Waals surface area contributed by atoms with Crippen LogP contribution in [0.2, 0.25) is 0 Å². The highest BCUT2D eigenvalue weighted by Crippen LogP contribution is 2.08. The Hall–Kier alpha value is -1.39. The number of carbonyl (C=O) groups excluding carboxylic acids is 1. The fourth-order valence-corrected chi connectivity index (χ4v) is 2.13. The molecular formula is C15H24N2O2. The molecule has 0 aliphatic heterocycles. The Labute approximate surface area is 115 Å². The van der Waals surface area contributed by atoms with Crippen LogP contribution in [0.25, 0.3) is 0 Å². The minimum atomic E-state index is 0.103. The molecule has 0 saturated heterocycles. The summed E-state index contributed by atoms with van der Waals surface area (Å²) in [6.07, 6.45) is 0.423. The van der Waals surface area contributed by atoms with Crippen LogP contribution in [0.1, 0.15) is 25.0 Å².